The minimum absolute atomic E-state index is 0.780. The molecule has 2 heteroatoms. The van der Waals surface area contributed by atoms with Crippen molar-refractivity contribution in [3.05, 3.63) is 35.4 Å². The third-order valence-electron chi connectivity index (χ3n) is 5.13. The third kappa shape index (κ3) is 4.55. The molecule has 3 rings (SSSR count). The Labute approximate surface area is 129 Å². The van der Waals surface area contributed by atoms with E-state index in [0.717, 1.165) is 31.1 Å². The Morgan fingerprint density at radius 1 is 1.14 bits per heavy atom. The predicted octanol–water partition coefficient (Wildman–Crippen LogP) is 3.95. The average molecular weight is 286 g/mol. The van der Waals surface area contributed by atoms with Gasteiger partial charge in [0.2, 0.25) is 0 Å². The van der Waals surface area contributed by atoms with Gasteiger partial charge in [-0.15, -0.1) is 0 Å². The van der Waals surface area contributed by atoms with Crippen molar-refractivity contribution in [2.24, 2.45) is 5.92 Å². The van der Waals surface area contributed by atoms with Crippen molar-refractivity contribution in [1.82, 2.24) is 10.2 Å². The molecule has 0 heterocycles. The van der Waals surface area contributed by atoms with Gasteiger partial charge in [-0.25, -0.2) is 0 Å². The maximum Gasteiger partial charge on any atom is 0.0233 e. The molecule has 0 aromatic heterocycles. The SMILES string of the molecule is CC1CCCC(N(C)Cc2cccc(CNC3CC3)c2)C1. The van der Waals surface area contributed by atoms with Gasteiger partial charge in [0.15, 0.2) is 0 Å². The van der Waals surface area contributed by atoms with Crippen LogP contribution in [-0.4, -0.2) is 24.0 Å². The normalized spacial score (nSPS) is 26.2. The van der Waals surface area contributed by atoms with Gasteiger partial charge in [0.05, 0.1) is 0 Å². The second-order valence-electron chi connectivity index (χ2n) is 7.32. The monoisotopic (exact) mass is 286 g/mol. The van der Waals surface area contributed by atoms with Gasteiger partial charge in [-0.3, -0.25) is 4.90 Å². The first kappa shape index (κ1) is 15.1. The van der Waals surface area contributed by atoms with Crippen LogP contribution in [-0.2, 0) is 13.1 Å². The number of hydrogen-bond donors (Lipinski definition) is 1. The summed E-state index contributed by atoms with van der Waals surface area (Å²) in [5.74, 6) is 0.903. The summed E-state index contributed by atoms with van der Waals surface area (Å²) in [4.78, 5) is 2.57. The van der Waals surface area contributed by atoms with Crippen LogP contribution in [0.5, 0.6) is 0 Å². The van der Waals surface area contributed by atoms with Crippen LogP contribution in [0.15, 0.2) is 24.3 Å². The summed E-state index contributed by atoms with van der Waals surface area (Å²) in [5.41, 5.74) is 2.90. The van der Waals surface area contributed by atoms with Crippen molar-refractivity contribution >= 4 is 0 Å². The molecule has 2 aliphatic rings. The molecule has 21 heavy (non-hydrogen) atoms. The van der Waals surface area contributed by atoms with E-state index in [1.54, 1.807) is 0 Å². The second kappa shape index (κ2) is 6.93. The highest BCUT2D eigenvalue weighted by Gasteiger charge is 2.22. The molecule has 1 N–H and O–H groups in total. The van der Waals surface area contributed by atoms with Crippen molar-refractivity contribution in [2.75, 3.05) is 7.05 Å². The largest absolute Gasteiger partial charge is 0.310 e. The summed E-state index contributed by atoms with van der Waals surface area (Å²) in [6.45, 7) is 4.53. The van der Waals surface area contributed by atoms with Gasteiger partial charge in [0, 0.05) is 25.2 Å². The Morgan fingerprint density at radius 3 is 2.71 bits per heavy atom. The first-order valence-corrected chi connectivity index (χ1v) is 8.72. The summed E-state index contributed by atoms with van der Waals surface area (Å²) < 4.78 is 0. The van der Waals surface area contributed by atoms with E-state index in [2.05, 4.69) is 48.5 Å². The van der Waals surface area contributed by atoms with E-state index in [0.29, 0.717) is 0 Å². The molecule has 1 aromatic carbocycles. The number of nitrogens with one attached hydrogen (secondary N) is 1. The maximum atomic E-state index is 3.61. The molecule has 2 saturated carbocycles. The quantitative estimate of drug-likeness (QED) is 0.852. The predicted molar refractivity (Wildman–Crippen MR) is 89.2 cm³/mol. The molecule has 116 valence electrons. The molecule has 2 aliphatic carbocycles. The fourth-order valence-electron chi connectivity index (χ4n) is 3.61. The van der Waals surface area contributed by atoms with E-state index < -0.39 is 0 Å². The van der Waals surface area contributed by atoms with E-state index >= 15 is 0 Å². The second-order valence-corrected chi connectivity index (χ2v) is 7.32. The fraction of sp³-hybridized carbons (Fsp3) is 0.684. The Balaban J connectivity index is 1.54. The van der Waals surface area contributed by atoms with Crippen LogP contribution < -0.4 is 5.32 Å². The number of nitrogens with zero attached hydrogens (tertiary/aromatic N) is 1. The lowest BCUT2D eigenvalue weighted by atomic mass is 9.86. The molecule has 0 bridgehead atoms. The molecule has 0 amide bonds. The van der Waals surface area contributed by atoms with E-state index in [1.807, 2.05) is 0 Å². The summed E-state index contributed by atoms with van der Waals surface area (Å²) in [6.07, 6.45) is 8.31. The van der Waals surface area contributed by atoms with Crippen molar-refractivity contribution in [1.29, 1.82) is 0 Å². The summed E-state index contributed by atoms with van der Waals surface area (Å²) in [5, 5.41) is 3.61. The van der Waals surface area contributed by atoms with Gasteiger partial charge in [-0.05, 0) is 49.8 Å². The minimum Gasteiger partial charge on any atom is -0.310 e. The molecule has 2 atom stereocenters. The highest BCUT2D eigenvalue weighted by molar-refractivity contribution is 5.23. The summed E-state index contributed by atoms with van der Waals surface area (Å²) >= 11 is 0. The van der Waals surface area contributed by atoms with Gasteiger partial charge >= 0.3 is 0 Å². The molecule has 0 saturated heterocycles. The maximum absolute atomic E-state index is 3.61. The molecule has 2 unspecified atom stereocenters. The molecule has 0 radical (unpaired) electrons. The molecule has 0 spiro atoms. The molecule has 0 aliphatic heterocycles. The Morgan fingerprint density at radius 2 is 1.95 bits per heavy atom. The Kier molecular flexibility index (Phi) is 4.97. The first-order valence-electron chi connectivity index (χ1n) is 8.72. The fourth-order valence-corrected chi connectivity index (χ4v) is 3.61. The highest BCUT2D eigenvalue weighted by atomic mass is 15.1. The Bertz CT molecular complexity index is 453. The lowest BCUT2D eigenvalue weighted by molar-refractivity contribution is 0.157. The summed E-state index contributed by atoms with van der Waals surface area (Å²) in [7, 11) is 2.30. The van der Waals surface area contributed by atoms with Gasteiger partial charge in [-0.2, -0.15) is 0 Å². The highest BCUT2D eigenvalue weighted by Crippen LogP contribution is 2.27. The molecular weight excluding hydrogens is 256 g/mol. The van der Waals surface area contributed by atoms with Crippen LogP contribution in [0, 0.1) is 5.92 Å². The zero-order valence-corrected chi connectivity index (χ0v) is 13.6. The van der Waals surface area contributed by atoms with Crippen LogP contribution in [0.1, 0.15) is 56.6 Å². The van der Waals surface area contributed by atoms with E-state index in [4.69, 9.17) is 0 Å². The van der Waals surface area contributed by atoms with Gasteiger partial charge in [0.1, 0.15) is 0 Å². The van der Waals surface area contributed by atoms with Gasteiger partial charge < -0.3 is 5.32 Å². The third-order valence-corrected chi connectivity index (χ3v) is 5.13. The Hall–Kier alpha value is -0.860. The van der Waals surface area contributed by atoms with Crippen LogP contribution in [0.2, 0.25) is 0 Å². The van der Waals surface area contributed by atoms with E-state index in [9.17, 15) is 0 Å². The van der Waals surface area contributed by atoms with Crippen LogP contribution in [0.4, 0.5) is 0 Å². The summed E-state index contributed by atoms with van der Waals surface area (Å²) in [6, 6.07) is 10.7. The number of rotatable bonds is 6. The lowest BCUT2D eigenvalue weighted by Gasteiger charge is -2.34. The number of benzene rings is 1. The zero-order chi connectivity index (χ0) is 14.7. The van der Waals surface area contributed by atoms with E-state index in [1.165, 1.54) is 49.7 Å². The van der Waals surface area contributed by atoms with Crippen molar-refractivity contribution in [3.63, 3.8) is 0 Å². The van der Waals surface area contributed by atoms with Crippen molar-refractivity contribution in [3.8, 4) is 0 Å². The van der Waals surface area contributed by atoms with Crippen LogP contribution >= 0.6 is 0 Å². The topological polar surface area (TPSA) is 15.3 Å². The molecular formula is C19H30N2. The van der Waals surface area contributed by atoms with Gasteiger partial charge in [0.25, 0.3) is 0 Å². The zero-order valence-electron chi connectivity index (χ0n) is 13.6. The smallest absolute Gasteiger partial charge is 0.0233 e. The van der Waals surface area contributed by atoms with Crippen LogP contribution in [0.25, 0.3) is 0 Å². The van der Waals surface area contributed by atoms with Crippen LogP contribution in [0.3, 0.4) is 0 Å². The number of hydrogen-bond acceptors (Lipinski definition) is 2. The standard InChI is InChI=1S/C19H30N2/c1-15-5-3-8-19(11-15)21(2)14-17-7-4-6-16(12-17)13-20-18-9-10-18/h4,6-7,12,15,18-20H,3,5,8-11,13-14H2,1-2H3. The molecule has 1 aromatic rings. The average Bonchev–Trinajstić information content (AvgIpc) is 3.30. The minimum atomic E-state index is 0.780. The van der Waals surface area contributed by atoms with E-state index in [-0.39, 0.29) is 0 Å². The first-order chi connectivity index (χ1) is 10.2. The van der Waals surface area contributed by atoms with Crippen molar-refractivity contribution in [2.45, 2.75) is 70.6 Å². The molecule has 2 nitrogen and oxygen atoms in total. The molecule has 2 fully saturated rings. The van der Waals surface area contributed by atoms with Gasteiger partial charge in [-0.1, -0.05) is 44.0 Å². The van der Waals surface area contributed by atoms with Crippen molar-refractivity contribution < 1.29 is 0 Å². The lowest BCUT2D eigenvalue weighted by Crippen LogP contribution is -2.35.